The molecule has 0 saturated heterocycles. The first kappa shape index (κ1) is 14.7. The van der Waals surface area contributed by atoms with Crippen molar-refractivity contribution in [2.75, 3.05) is 13.7 Å². The summed E-state index contributed by atoms with van der Waals surface area (Å²) in [6.07, 6.45) is -3.83. The van der Waals surface area contributed by atoms with Gasteiger partial charge >= 0.3 is 6.18 Å². The van der Waals surface area contributed by atoms with Crippen LogP contribution in [0.25, 0.3) is 0 Å². The zero-order chi connectivity index (χ0) is 13.6. The van der Waals surface area contributed by atoms with E-state index in [1.165, 1.54) is 13.1 Å². The van der Waals surface area contributed by atoms with Gasteiger partial charge in [-0.15, -0.1) is 4.99 Å². The van der Waals surface area contributed by atoms with Crippen molar-refractivity contribution >= 4 is 0 Å². The predicted octanol–water partition coefficient (Wildman–Crippen LogP) is 1.95. The second-order valence-corrected chi connectivity index (χ2v) is 3.38. The fraction of sp³-hybridized carbons (Fsp3) is 0.500. The lowest BCUT2D eigenvalue weighted by molar-refractivity contribution is -0.338. The third kappa shape index (κ3) is 4.86. The Kier molecular flexibility index (Phi) is 5.32. The first-order valence-electron chi connectivity index (χ1n) is 5.08. The molecule has 1 N–H and O–H groups in total. The summed E-state index contributed by atoms with van der Waals surface area (Å²) in [5.41, 5.74) is 1.34. The summed E-state index contributed by atoms with van der Waals surface area (Å²) in [5.74, 6) is 0.226. The third-order valence-electron chi connectivity index (χ3n) is 1.81. The highest BCUT2D eigenvalue weighted by molar-refractivity contribution is 5.21. The highest BCUT2D eigenvalue weighted by Gasteiger charge is 2.32. The van der Waals surface area contributed by atoms with Gasteiger partial charge in [0.25, 0.3) is 0 Å². The first-order chi connectivity index (χ1) is 8.43. The SMILES string of the molecule is CNOOCC(C)Oc1ccc(C(F)(F)F)nc1. The molecule has 1 rings (SSSR count). The zero-order valence-corrected chi connectivity index (χ0v) is 9.82. The maximum atomic E-state index is 12.2. The van der Waals surface area contributed by atoms with Crippen molar-refractivity contribution in [1.82, 2.24) is 10.5 Å². The first-order valence-corrected chi connectivity index (χ1v) is 5.08. The molecule has 0 spiro atoms. The summed E-state index contributed by atoms with van der Waals surface area (Å²) in [4.78, 5) is 12.3. The molecule has 0 fully saturated rings. The molecule has 0 aliphatic rings. The van der Waals surface area contributed by atoms with Crippen LogP contribution in [0, 0.1) is 0 Å². The van der Waals surface area contributed by atoms with Crippen molar-refractivity contribution in [2.45, 2.75) is 19.2 Å². The number of nitrogens with one attached hydrogen (secondary N) is 1. The Morgan fingerprint density at radius 3 is 2.61 bits per heavy atom. The molecule has 0 aliphatic heterocycles. The summed E-state index contributed by atoms with van der Waals surface area (Å²) >= 11 is 0. The molecule has 102 valence electrons. The molecule has 5 nitrogen and oxygen atoms in total. The van der Waals surface area contributed by atoms with Gasteiger partial charge in [-0.05, 0) is 19.1 Å². The molecule has 8 heteroatoms. The van der Waals surface area contributed by atoms with Gasteiger partial charge in [0, 0.05) is 7.05 Å². The van der Waals surface area contributed by atoms with Crippen molar-refractivity contribution < 1.29 is 27.8 Å². The molecule has 0 amide bonds. The van der Waals surface area contributed by atoms with Gasteiger partial charge in [-0.2, -0.15) is 18.7 Å². The monoisotopic (exact) mass is 266 g/mol. The van der Waals surface area contributed by atoms with E-state index in [0.717, 1.165) is 12.3 Å². The second kappa shape index (κ2) is 6.53. The highest BCUT2D eigenvalue weighted by atomic mass is 19.4. The minimum Gasteiger partial charge on any atom is -0.487 e. The lowest BCUT2D eigenvalue weighted by atomic mass is 10.3. The van der Waals surface area contributed by atoms with Crippen LogP contribution >= 0.6 is 0 Å². The third-order valence-corrected chi connectivity index (χ3v) is 1.81. The van der Waals surface area contributed by atoms with Gasteiger partial charge in [-0.3, -0.25) is 0 Å². The van der Waals surface area contributed by atoms with Gasteiger partial charge in [-0.25, -0.2) is 9.87 Å². The predicted molar refractivity (Wildman–Crippen MR) is 55.4 cm³/mol. The van der Waals surface area contributed by atoms with Crippen LogP contribution in [-0.4, -0.2) is 24.7 Å². The molecule has 0 radical (unpaired) electrons. The van der Waals surface area contributed by atoms with Crippen molar-refractivity contribution in [1.29, 1.82) is 0 Å². The fourth-order valence-corrected chi connectivity index (χ4v) is 1.07. The number of rotatable bonds is 6. The average molecular weight is 266 g/mol. The van der Waals surface area contributed by atoms with E-state index in [9.17, 15) is 13.2 Å². The molecule has 1 atom stereocenters. The van der Waals surface area contributed by atoms with E-state index in [1.807, 2.05) is 0 Å². The topological polar surface area (TPSA) is 52.6 Å². The normalized spacial score (nSPS) is 13.4. The summed E-state index contributed by atoms with van der Waals surface area (Å²) in [6, 6.07) is 2.05. The summed E-state index contributed by atoms with van der Waals surface area (Å²) < 4.78 is 42.0. The zero-order valence-electron chi connectivity index (χ0n) is 9.82. The number of halogens is 3. The van der Waals surface area contributed by atoms with Gasteiger partial charge in [0.2, 0.25) is 0 Å². The molecule has 1 aromatic heterocycles. The maximum absolute atomic E-state index is 12.2. The lowest BCUT2D eigenvalue weighted by Crippen LogP contribution is -2.21. The Morgan fingerprint density at radius 2 is 2.11 bits per heavy atom. The fourth-order valence-electron chi connectivity index (χ4n) is 1.07. The highest BCUT2D eigenvalue weighted by Crippen LogP contribution is 2.28. The van der Waals surface area contributed by atoms with Gasteiger partial charge < -0.3 is 4.74 Å². The molecule has 0 saturated carbocycles. The van der Waals surface area contributed by atoms with Crippen LogP contribution in [-0.2, 0) is 16.1 Å². The summed E-state index contributed by atoms with van der Waals surface area (Å²) in [6.45, 7) is 1.79. The van der Waals surface area contributed by atoms with Crippen molar-refractivity contribution in [3.05, 3.63) is 24.0 Å². The standard InChI is InChI=1S/C10H13F3N2O3/c1-7(6-16-18-14-2)17-8-3-4-9(15-5-8)10(11,12)13/h3-5,7,14H,6H2,1-2H3. The smallest absolute Gasteiger partial charge is 0.433 e. The Bertz CT molecular complexity index is 356. The second-order valence-electron chi connectivity index (χ2n) is 3.38. The van der Waals surface area contributed by atoms with E-state index in [4.69, 9.17) is 4.74 Å². The van der Waals surface area contributed by atoms with Crippen LogP contribution in [0.5, 0.6) is 5.75 Å². The van der Waals surface area contributed by atoms with E-state index in [0.29, 0.717) is 0 Å². The Labute approximate surface area is 102 Å². The number of hydrogen-bond donors (Lipinski definition) is 1. The molecule has 0 bridgehead atoms. The van der Waals surface area contributed by atoms with Crippen LogP contribution in [0.3, 0.4) is 0 Å². The maximum Gasteiger partial charge on any atom is 0.433 e. The number of alkyl halides is 3. The van der Waals surface area contributed by atoms with E-state index >= 15 is 0 Å². The van der Waals surface area contributed by atoms with E-state index in [2.05, 4.69) is 20.3 Å². The van der Waals surface area contributed by atoms with Crippen LogP contribution < -0.4 is 10.2 Å². The van der Waals surface area contributed by atoms with Crippen LogP contribution in [0.1, 0.15) is 12.6 Å². The Balaban J connectivity index is 2.48. The Morgan fingerprint density at radius 1 is 1.39 bits per heavy atom. The van der Waals surface area contributed by atoms with Gasteiger partial charge in [0.1, 0.15) is 24.2 Å². The summed E-state index contributed by atoms with van der Waals surface area (Å²) in [7, 11) is 1.52. The van der Waals surface area contributed by atoms with Crippen molar-refractivity contribution in [2.24, 2.45) is 0 Å². The number of hydrogen-bond acceptors (Lipinski definition) is 5. The molecule has 1 unspecified atom stereocenters. The van der Waals surface area contributed by atoms with Crippen molar-refractivity contribution in [3.63, 3.8) is 0 Å². The molecule has 0 aliphatic carbocycles. The van der Waals surface area contributed by atoms with Gasteiger partial charge in [0.15, 0.2) is 0 Å². The van der Waals surface area contributed by atoms with Crippen molar-refractivity contribution in [3.8, 4) is 5.75 Å². The molecule has 0 aromatic carbocycles. The largest absolute Gasteiger partial charge is 0.487 e. The minimum absolute atomic E-state index is 0.113. The molecule has 1 heterocycles. The van der Waals surface area contributed by atoms with E-state index < -0.39 is 18.0 Å². The Hall–Kier alpha value is -1.38. The van der Waals surface area contributed by atoms with Crippen LogP contribution in [0.2, 0.25) is 0 Å². The summed E-state index contributed by atoms with van der Waals surface area (Å²) in [5, 5.41) is 0. The number of aromatic nitrogens is 1. The van der Waals surface area contributed by atoms with E-state index in [1.54, 1.807) is 6.92 Å². The minimum atomic E-state index is -4.45. The van der Waals surface area contributed by atoms with Crippen LogP contribution in [0.4, 0.5) is 13.2 Å². The lowest BCUT2D eigenvalue weighted by Gasteiger charge is -2.14. The van der Waals surface area contributed by atoms with Gasteiger partial charge in [-0.1, -0.05) is 0 Å². The average Bonchev–Trinajstić information content (AvgIpc) is 2.29. The number of hydroxylamine groups is 1. The quantitative estimate of drug-likeness (QED) is 0.484. The molecular formula is C10H13F3N2O3. The number of ether oxygens (including phenoxy) is 1. The van der Waals surface area contributed by atoms with E-state index in [-0.39, 0.29) is 12.4 Å². The number of nitrogens with zero attached hydrogens (tertiary/aromatic N) is 1. The molecular weight excluding hydrogens is 253 g/mol. The van der Waals surface area contributed by atoms with Crippen LogP contribution in [0.15, 0.2) is 18.3 Å². The van der Waals surface area contributed by atoms with Gasteiger partial charge in [0.05, 0.1) is 6.20 Å². The molecule has 18 heavy (non-hydrogen) atoms. The number of pyridine rings is 1. The molecule has 1 aromatic rings.